The number of halogens is 1. The molecule has 0 atom stereocenters. The van der Waals surface area contributed by atoms with Gasteiger partial charge in [0, 0.05) is 5.56 Å². The molecule has 5 rings (SSSR count). The molecule has 2 aromatic heterocycles. The highest BCUT2D eigenvalue weighted by atomic mass is 19.1. The largest absolute Gasteiger partial charge is 0.459 e. The Balaban J connectivity index is 1.36. The van der Waals surface area contributed by atoms with Gasteiger partial charge in [0.15, 0.2) is 5.76 Å². The van der Waals surface area contributed by atoms with Gasteiger partial charge < -0.3 is 8.83 Å². The van der Waals surface area contributed by atoms with Crippen molar-refractivity contribution in [1.29, 1.82) is 0 Å². The highest BCUT2D eigenvalue weighted by molar-refractivity contribution is 6.04. The summed E-state index contributed by atoms with van der Waals surface area (Å²) < 4.78 is 25.9. The molecule has 0 aliphatic heterocycles. The third kappa shape index (κ3) is 4.23. The van der Waals surface area contributed by atoms with Crippen LogP contribution in [0.15, 0.2) is 94.0 Å². The van der Waals surface area contributed by atoms with Crippen molar-refractivity contribution < 1.29 is 18.0 Å². The summed E-state index contributed by atoms with van der Waals surface area (Å²) in [4.78, 5) is 12.7. The first kappa shape index (κ1) is 21.3. The van der Waals surface area contributed by atoms with Crippen LogP contribution in [0.3, 0.4) is 0 Å². The highest BCUT2D eigenvalue weighted by Crippen LogP contribution is 2.29. The van der Waals surface area contributed by atoms with E-state index < -0.39 is 11.7 Å². The molecular formula is C27H20FN3O3. The maximum absolute atomic E-state index is 15.3. The first-order valence-electron chi connectivity index (χ1n) is 10.8. The lowest BCUT2D eigenvalue weighted by atomic mass is 9.98. The van der Waals surface area contributed by atoms with E-state index in [1.165, 1.54) is 17.9 Å². The minimum atomic E-state index is -0.693. The molecule has 5 aromatic rings. The summed E-state index contributed by atoms with van der Waals surface area (Å²) in [5, 5.41) is 10.0. The minimum absolute atomic E-state index is 0.110. The van der Waals surface area contributed by atoms with E-state index in [1.54, 1.807) is 24.3 Å². The van der Waals surface area contributed by atoms with E-state index >= 15 is 4.39 Å². The van der Waals surface area contributed by atoms with Crippen molar-refractivity contribution in [1.82, 2.24) is 10.2 Å². The number of furan rings is 1. The maximum atomic E-state index is 15.3. The van der Waals surface area contributed by atoms with Gasteiger partial charge in [-0.2, -0.15) is 0 Å². The number of carbonyl (C=O) groups is 1. The standard InChI is InChI=1S/C27H20FN3O3/c1-2-17-8-10-18(11-9-17)19-12-14-20(15-13-19)21-5-3-6-22(24(21)28)25(32)29-27-31-30-26(34-27)23-7-4-16-33-23/h3-16H,2H2,1H3,(H,29,31,32). The molecule has 168 valence electrons. The Morgan fingerprint density at radius 3 is 2.26 bits per heavy atom. The SMILES string of the molecule is CCc1ccc(-c2ccc(-c3cccc(C(=O)Nc4nnc(-c5ccco5)o4)c3F)cc2)cc1. The topological polar surface area (TPSA) is 81.2 Å². The zero-order chi connectivity index (χ0) is 23.5. The number of nitrogens with one attached hydrogen (secondary N) is 1. The monoisotopic (exact) mass is 453 g/mol. The average molecular weight is 453 g/mol. The van der Waals surface area contributed by atoms with Crippen LogP contribution in [-0.4, -0.2) is 16.1 Å². The molecule has 2 heterocycles. The van der Waals surface area contributed by atoms with Crippen LogP contribution in [0.4, 0.5) is 10.4 Å². The van der Waals surface area contributed by atoms with Crippen LogP contribution in [0.1, 0.15) is 22.8 Å². The van der Waals surface area contributed by atoms with Gasteiger partial charge in [-0.15, -0.1) is 5.10 Å². The molecule has 0 spiro atoms. The lowest BCUT2D eigenvalue weighted by Crippen LogP contribution is -2.14. The molecule has 0 saturated carbocycles. The zero-order valence-electron chi connectivity index (χ0n) is 18.3. The second-order valence-electron chi connectivity index (χ2n) is 7.64. The van der Waals surface area contributed by atoms with Crippen LogP contribution in [-0.2, 0) is 6.42 Å². The summed E-state index contributed by atoms with van der Waals surface area (Å²) in [6.07, 6.45) is 2.45. The van der Waals surface area contributed by atoms with Gasteiger partial charge >= 0.3 is 6.01 Å². The first-order valence-corrected chi connectivity index (χ1v) is 10.8. The molecule has 3 aromatic carbocycles. The minimum Gasteiger partial charge on any atom is -0.459 e. The molecule has 0 bridgehead atoms. The Bertz CT molecular complexity index is 1420. The molecule has 0 saturated heterocycles. The molecule has 0 fully saturated rings. The van der Waals surface area contributed by atoms with Crippen LogP contribution in [0.25, 0.3) is 33.9 Å². The van der Waals surface area contributed by atoms with E-state index in [4.69, 9.17) is 8.83 Å². The van der Waals surface area contributed by atoms with Crippen LogP contribution >= 0.6 is 0 Å². The van der Waals surface area contributed by atoms with E-state index in [-0.39, 0.29) is 17.5 Å². The van der Waals surface area contributed by atoms with Gasteiger partial charge in [-0.25, -0.2) is 4.39 Å². The van der Waals surface area contributed by atoms with Crippen molar-refractivity contribution in [2.45, 2.75) is 13.3 Å². The molecule has 7 heteroatoms. The van der Waals surface area contributed by atoms with E-state index in [9.17, 15) is 4.79 Å². The Morgan fingerprint density at radius 1 is 0.882 bits per heavy atom. The lowest BCUT2D eigenvalue weighted by Gasteiger charge is -2.09. The molecular weight excluding hydrogens is 433 g/mol. The second-order valence-corrected chi connectivity index (χ2v) is 7.64. The Morgan fingerprint density at radius 2 is 1.59 bits per heavy atom. The Hall–Kier alpha value is -4.52. The number of aryl methyl sites for hydroxylation is 1. The summed E-state index contributed by atoms with van der Waals surface area (Å²) in [5.41, 5.74) is 4.25. The number of rotatable bonds is 6. The molecule has 1 amide bonds. The second kappa shape index (κ2) is 9.15. The maximum Gasteiger partial charge on any atom is 0.322 e. The Labute approximate surface area is 195 Å². The predicted octanol–water partition coefficient (Wildman–Crippen LogP) is 6.62. The van der Waals surface area contributed by atoms with Gasteiger partial charge in [0.2, 0.25) is 0 Å². The van der Waals surface area contributed by atoms with Crippen LogP contribution in [0.2, 0.25) is 0 Å². The van der Waals surface area contributed by atoms with Crippen molar-refractivity contribution in [2.75, 3.05) is 5.32 Å². The van der Waals surface area contributed by atoms with Gasteiger partial charge in [0.05, 0.1) is 11.8 Å². The van der Waals surface area contributed by atoms with Crippen molar-refractivity contribution in [2.24, 2.45) is 0 Å². The fraction of sp³-hybridized carbons (Fsp3) is 0.0741. The normalized spacial score (nSPS) is 10.9. The van der Waals surface area contributed by atoms with Crippen molar-refractivity contribution >= 4 is 11.9 Å². The molecule has 34 heavy (non-hydrogen) atoms. The summed E-state index contributed by atoms with van der Waals surface area (Å²) in [7, 11) is 0. The number of hydrogen-bond donors (Lipinski definition) is 1. The van der Waals surface area contributed by atoms with Crippen LogP contribution in [0.5, 0.6) is 0 Å². The van der Waals surface area contributed by atoms with Crippen molar-refractivity contribution in [3.8, 4) is 33.9 Å². The number of benzene rings is 3. The molecule has 0 unspecified atom stereocenters. The molecule has 0 aliphatic rings. The smallest absolute Gasteiger partial charge is 0.322 e. The van der Waals surface area contributed by atoms with Crippen molar-refractivity contribution in [3.05, 3.63) is 102 Å². The summed E-state index contributed by atoms with van der Waals surface area (Å²) >= 11 is 0. The molecule has 6 nitrogen and oxygen atoms in total. The predicted molar refractivity (Wildman–Crippen MR) is 127 cm³/mol. The summed E-state index contributed by atoms with van der Waals surface area (Å²) in [5.74, 6) is -0.850. The number of carbonyl (C=O) groups excluding carboxylic acids is 1. The number of hydrogen-bond acceptors (Lipinski definition) is 5. The van der Waals surface area contributed by atoms with Gasteiger partial charge in [-0.05, 0) is 46.9 Å². The zero-order valence-corrected chi connectivity index (χ0v) is 18.3. The fourth-order valence-electron chi connectivity index (χ4n) is 3.64. The van der Waals surface area contributed by atoms with E-state index in [1.807, 2.05) is 24.3 Å². The first-order chi connectivity index (χ1) is 16.6. The lowest BCUT2D eigenvalue weighted by molar-refractivity contribution is 0.102. The van der Waals surface area contributed by atoms with Gasteiger partial charge in [-0.3, -0.25) is 10.1 Å². The summed E-state index contributed by atoms with van der Waals surface area (Å²) in [6.45, 7) is 2.12. The van der Waals surface area contributed by atoms with Crippen LogP contribution < -0.4 is 5.32 Å². The quantitative estimate of drug-likeness (QED) is 0.313. The van der Waals surface area contributed by atoms with E-state index in [2.05, 4.69) is 46.7 Å². The molecule has 0 aliphatic carbocycles. The van der Waals surface area contributed by atoms with E-state index in [0.717, 1.165) is 17.5 Å². The van der Waals surface area contributed by atoms with Crippen molar-refractivity contribution in [3.63, 3.8) is 0 Å². The third-order valence-corrected chi connectivity index (χ3v) is 5.51. The average Bonchev–Trinajstić information content (AvgIpc) is 3.57. The number of amides is 1. The number of nitrogens with zero attached hydrogens (tertiary/aromatic N) is 2. The number of anilines is 1. The third-order valence-electron chi connectivity index (χ3n) is 5.51. The summed E-state index contributed by atoms with van der Waals surface area (Å²) in [6, 6.07) is 23.8. The van der Waals surface area contributed by atoms with Gasteiger partial charge in [0.25, 0.3) is 11.8 Å². The fourth-order valence-corrected chi connectivity index (χ4v) is 3.64. The molecule has 0 radical (unpaired) electrons. The highest BCUT2D eigenvalue weighted by Gasteiger charge is 2.19. The molecule has 1 N–H and O–H groups in total. The van der Waals surface area contributed by atoms with Gasteiger partial charge in [-0.1, -0.05) is 72.7 Å². The van der Waals surface area contributed by atoms with Gasteiger partial charge in [0.1, 0.15) is 5.82 Å². The van der Waals surface area contributed by atoms with E-state index in [0.29, 0.717) is 16.9 Å². The Kier molecular flexibility index (Phi) is 5.74. The number of aromatic nitrogens is 2. The van der Waals surface area contributed by atoms with Crippen LogP contribution in [0, 0.1) is 5.82 Å².